The Morgan fingerprint density at radius 1 is 1.29 bits per heavy atom. The van der Waals surface area contributed by atoms with Crippen LogP contribution in [0.2, 0.25) is 0 Å². The molecule has 0 spiro atoms. The number of β-amino-alcohol motifs (C(OH)–C–C–N with tert-alkyl or cyclic N) is 1. The van der Waals surface area contributed by atoms with Gasteiger partial charge in [-0.25, -0.2) is 0 Å². The summed E-state index contributed by atoms with van der Waals surface area (Å²) in [6, 6.07) is 0.695. The number of aliphatic hydroxyl groups excluding tert-OH is 2. The molecule has 82 valence electrons. The molecular formula is C10H20N2O2. The van der Waals surface area contributed by atoms with Crippen molar-refractivity contribution in [2.75, 3.05) is 19.7 Å². The van der Waals surface area contributed by atoms with Gasteiger partial charge in [0.15, 0.2) is 0 Å². The van der Waals surface area contributed by atoms with Crippen molar-refractivity contribution >= 4 is 0 Å². The molecule has 4 nitrogen and oxygen atoms in total. The first kappa shape index (κ1) is 10.4. The summed E-state index contributed by atoms with van der Waals surface area (Å²) >= 11 is 0. The lowest BCUT2D eigenvalue weighted by Gasteiger charge is -2.27. The minimum absolute atomic E-state index is 0.0304. The number of rotatable bonds is 2. The van der Waals surface area contributed by atoms with E-state index < -0.39 is 0 Å². The first-order valence-corrected chi connectivity index (χ1v) is 5.51. The smallest absolute Gasteiger partial charge is 0.0729 e. The lowest BCUT2D eigenvalue weighted by Crippen LogP contribution is -2.43. The van der Waals surface area contributed by atoms with E-state index in [4.69, 9.17) is 10.8 Å². The molecular weight excluding hydrogens is 180 g/mol. The van der Waals surface area contributed by atoms with Crippen molar-refractivity contribution in [3.05, 3.63) is 0 Å². The highest BCUT2D eigenvalue weighted by Crippen LogP contribution is 2.27. The molecule has 1 saturated carbocycles. The molecule has 1 saturated heterocycles. The SMILES string of the molecule is NC1CCCC1N1CC(O)C(CO)C1. The zero-order chi connectivity index (χ0) is 10.1. The lowest BCUT2D eigenvalue weighted by atomic mass is 10.1. The van der Waals surface area contributed by atoms with Crippen molar-refractivity contribution < 1.29 is 10.2 Å². The third-order valence-electron chi connectivity index (χ3n) is 3.67. The zero-order valence-electron chi connectivity index (χ0n) is 8.47. The average Bonchev–Trinajstić information content (AvgIpc) is 2.71. The number of aliphatic hydroxyl groups is 2. The molecule has 0 aromatic carbocycles. The Bertz CT molecular complexity index is 201. The quantitative estimate of drug-likeness (QED) is 0.543. The lowest BCUT2D eigenvalue weighted by molar-refractivity contribution is 0.102. The third kappa shape index (κ3) is 1.80. The number of hydrogen-bond donors (Lipinski definition) is 3. The molecule has 2 aliphatic rings. The van der Waals surface area contributed by atoms with Crippen molar-refractivity contribution in [1.29, 1.82) is 0 Å². The topological polar surface area (TPSA) is 69.7 Å². The van der Waals surface area contributed by atoms with E-state index in [1.54, 1.807) is 0 Å². The van der Waals surface area contributed by atoms with Crippen molar-refractivity contribution in [2.45, 2.75) is 37.5 Å². The molecule has 2 rings (SSSR count). The van der Waals surface area contributed by atoms with Crippen LogP contribution in [0.25, 0.3) is 0 Å². The highest BCUT2D eigenvalue weighted by molar-refractivity contribution is 4.94. The molecule has 0 bridgehead atoms. The largest absolute Gasteiger partial charge is 0.396 e. The maximum Gasteiger partial charge on any atom is 0.0729 e. The highest BCUT2D eigenvalue weighted by Gasteiger charge is 2.38. The molecule has 4 N–H and O–H groups in total. The van der Waals surface area contributed by atoms with Crippen LogP contribution in [0, 0.1) is 5.92 Å². The predicted octanol–water partition coefficient (Wildman–Crippen LogP) is -0.849. The number of nitrogens with zero attached hydrogens (tertiary/aromatic N) is 1. The van der Waals surface area contributed by atoms with Gasteiger partial charge in [0.1, 0.15) is 0 Å². The highest BCUT2D eigenvalue weighted by atomic mass is 16.3. The summed E-state index contributed by atoms with van der Waals surface area (Å²) in [6.07, 6.45) is 3.07. The van der Waals surface area contributed by atoms with Crippen molar-refractivity contribution in [2.24, 2.45) is 11.7 Å². The van der Waals surface area contributed by atoms with Crippen LogP contribution in [-0.4, -0.2) is 53.0 Å². The van der Waals surface area contributed by atoms with Crippen molar-refractivity contribution in [1.82, 2.24) is 4.90 Å². The van der Waals surface area contributed by atoms with Gasteiger partial charge in [0.25, 0.3) is 0 Å². The molecule has 2 fully saturated rings. The fourth-order valence-electron chi connectivity index (χ4n) is 2.76. The van der Waals surface area contributed by atoms with Crippen LogP contribution in [0.15, 0.2) is 0 Å². The summed E-state index contributed by atoms with van der Waals surface area (Å²) in [6.45, 7) is 1.57. The fraction of sp³-hybridized carbons (Fsp3) is 1.00. The molecule has 1 aliphatic heterocycles. The molecule has 4 atom stereocenters. The monoisotopic (exact) mass is 200 g/mol. The predicted molar refractivity (Wildman–Crippen MR) is 53.8 cm³/mol. The Morgan fingerprint density at radius 3 is 2.57 bits per heavy atom. The molecule has 0 aromatic heterocycles. The van der Waals surface area contributed by atoms with Gasteiger partial charge in [-0.15, -0.1) is 0 Å². The van der Waals surface area contributed by atoms with Crippen LogP contribution in [0.4, 0.5) is 0 Å². The Labute approximate surface area is 84.7 Å². The Hall–Kier alpha value is -0.160. The Balaban J connectivity index is 1.94. The van der Waals surface area contributed by atoms with Gasteiger partial charge < -0.3 is 15.9 Å². The summed E-state index contributed by atoms with van der Waals surface area (Å²) in [4.78, 5) is 2.25. The van der Waals surface area contributed by atoms with E-state index in [0.29, 0.717) is 12.6 Å². The summed E-state index contributed by atoms with van der Waals surface area (Å²) in [5.74, 6) is 0.0304. The van der Waals surface area contributed by atoms with Crippen molar-refractivity contribution in [3.8, 4) is 0 Å². The average molecular weight is 200 g/mol. The second-order valence-corrected chi connectivity index (χ2v) is 4.63. The summed E-state index contributed by atoms with van der Waals surface area (Å²) in [5, 5.41) is 18.7. The zero-order valence-corrected chi connectivity index (χ0v) is 8.47. The van der Waals surface area contributed by atoms with Crippen LogP contribution in [0.1, 0.15) is 19.3 Å². The van der Waals surface area contributed by atoms with Crippen LogP contribution >= 0.6 is 0 Å². The first-order valence-electron chi connectivity index (χ1n) is 5.51. The van der Waals surface area contributed by atoms with Crippen LogP contribution in [-0.2, 0) is 0 Å². The Morgan fingerprint density at radius 2 is 2.07 bits per heavy atom. The first-order chi connectivity index (χ1) is 6.72. The molecule has 14 heavy (non-hydrogen) atoms. The molecule has 0 amide bonds. The minimum Gasteiger partial charge on any atom is -0.396 e. The van der Waals surface area contributed by atoms with Gasteiger partial charge in [-0.2, -0.15) is 0 Å². The van der Waals surface area contributed by atoms with E-state index in [0.717, 1.165) is 19.4 Å². The maximum absolute atomic E-state index is 9.66. The number of nitrogens with two attached hydrogens (primary N) is 1. The second kappa shape index (κ2) is 4.14. The molecule has 1 heterocycles. The maximum atomic E-state index is 9.66. The van der Waals surface area contributed by atoms with E-state index >= 15 is 0 Å². The van der Waals surface area contributed by atoms with Gasteiger partial charge in [0.2, 0.25) is 0 Å². The van der Waals surface area contributed by atoms with E-state index in [2.05, 4.69) is 4.90 Å². The van der Waals surface area contributed by atoms with E-state index in [1.165, 1.54) is 6.42 Å². The van der Waals surface area contributed by atoms with Gasteiger partial charge in [-0.3, -0.25) is 4.90 Å². The Kier molecular flexibility index (Phi) is 3.07. The van der Waals surface area contributed by atoms with Crippen LogP contribution in [0.3, 0.4) is 0 Å². The van der Waals surface area contributed by atoms with Crippen LogP contribution < -0.4 is 5.73 Å². The second-order valence-electron chi connectivity index (χ2n) is 4.63. The van der Waals surface area contributed by atoms with E-state index in [1.807, 2.05) is 0 Å². The van der Waals surface area contributed by atoms with Gasteiger partial charge in [0, 0.05) is 37.7 Å². The van der Waals surface area contributed by atoms with Crippen molar-refractivity contribution in [3.63, 3.8) is 0 Å². The van der Waals surface area contributed by atoms with Gasteiger partial charge in [0.05, 0.1) is 6.10 Å². The molecule has 4 unspecified atom stereocenters. The molecule has 0 radical (unpaired) electrons. The van der Waals surface area contributed by atoms with E-state index in [-0.39, 0.29) is 24.7 Å². The van der Waals surface area contributed by atoms with Crippen LogP contribution in [0.5, 0.6) is 0 Å². The van der Waals surface area contributed by atoms with Gasteiger partial charge in [-0.05, 0) is 12.8 Å². The van der Waals surface area contributed by atoms with E-state index in [9.17, 15) is 5.11 Å². The molecule has 1 aliphatic carbocycles. The normalized spacial score (nSPS) is 44.8. The molecule has 0 aromatic rings. The molecule has 4 heteroatoms. The summed E-state index contributed by atoms with van der Waals surface area (Å²) in [5.41, 5.74) is 6.01. The fourth-order valence-corrected chi connectivity index (χ4v) is 2.76. The summed E-state index contributed by atoms with van der Waals surface area (Å²) in [7, 11) is 0. The summed E-state index contributed by atoms with van der Waals surface area (Å²) < 4.78 is 0. The minimum atomic E-state index is -0.368. The third-order valence-corrected chi connectivity index (χ3v) is 3.67. The number of likely N-dealkylation sites (tertiary alicyclic amines) is 1. The van der Waals surface area contributed by atoms with Gasteiger partial charge in [-0.1, -0.05) is 6.42 Å². The standard InChI is InChI=1S/C10H20N2O2/c11-8-2-1-3-9(8)12-4-7(6-13)10(14)5-12/h7-10,13-14H,1-6,11H2. The van der Waals surface area contributed by atoms with Gasteiger partial charge >= 0.3 is 0 Å². The number of hydrogen-bond acceptors (Lipinski definition) is 4.